The van der Waals surface area contributed by atoms with Gasteiger partial charge in [-0.3, -0.25) is 23.2 Å². The monoisotopic (exact) mass is 1060 g/mol. The summed E-state index contributed by atoms with van der Waals surface area (Å²) in [6.07, 6.45) is 13.4. The molecule has 0 spiro atoms. The summed E-state index contributed by atoms with van der Waals surface area (Å²) in [6.45, 7) is 2.45. The Hall–Kier alpha value is -2.68. The molecule has 72 heavy (non-hydrogen) atoms. The second kappa shape index (κ2) is 37.1. The number of esters is 2. The highest BCUT2D eigenvalue weighted by atomic mass is 31.2. The largest absolute Gasteiger partial charge is 0.472 e. The van der Waals surface area contributed by atoms with Gasteiger partial charge < -0.3 is 59.9 Å². The van der Waals surface area contributed by atoms with E-state index in [0.717, 1.165) is 76.7 Å². The Morgan fingerprint density at radius 2 is 1.44 bits per heavy atom. The van der Waals surface area contributed by atoms with Crippen molar-refractivity contribution in [3.63, 3.8) is 0 Å². The molecule has 0 aromatic heterocycles. The molecule has 19 nitrogen and oxygen atoms in total. The first-order chi connectivity index (χ1) is 34.3. The SMILES string of the molecule is CC/C=C\C/C=C\C/C=C\C/C=C\CCCCCCCCC(=O)O[C@@H]1COC(=O)CCC/C=C/C[C@@H]2[C@@H](O)[C@H](O)[C@@H](O)[C@H](OP(=O)(O)OC1)[C@H](OP(=O)(O)O)[C@H](O)[C@@H](/C=C/[C@@H](O)CCCCC)[C@H](O)C[C@@H]2O. The van der Waals surface area contributed by atoms with Crippen molar-refractivity contribution in [2.24, 2.45) is 11.8 Å². The van der Waals surface area contributed by atoms with Crippen molar-refractivity contribution in [3.8, 4) is 0 Å². The third-order valence-corrected chi connectivity index (χ3v) is 13.8. The predicted molar refractivity (Wildman–Crippen MR) is 271 cm³/mol. The van der Waals surface area contributed by atoms with Crippen LogP contribution >= 0.6 is 15.6 Å². The van der Waals surface area contributed by atoms with Crippen molar-refractivity contribution in [2.45, 2.75) is 210 Å². The first-order valence-electron chi connectivity index (χ1n) is 25.7. The fourth-order valence-electron chi connectivity index (χ4n) is 8.24. The number of rotatable bonds is 25. The van der Waals surface area contributed by atoms with Gasteiger partial charge in [0, 0.05) is 31.1 Å². The standard InChI is InChI=1S/C51H86O19P2/c1-3-5-7-8-9-10-11-12-13-14-15-16-17-18-19-20-21-22-28-32-45(56)68-39-36-66-44(55)31-27-24-23-26-30-40-42(53)35-43(54)41(34-33-38(52)29-25-6-4-2)47(58)50(69-71(61,62)63)51(49(60)48(59)46(40)57)70-72(64,65)67-37-39/h5,7,9-10,12-13,15-16,23,26,33-34,38-43,46-54,57-60H,3-4,6,8,11,14,17-22,24-25,27-32,35-37H2,1-2H3,(H,64,65)(H2,61,62,63)/b7-5-,10-9-,13-12-,16-15-,26-23+,34-33+/t38-,39+,40-,41-,42-,43+,46+,47+,48-,49+,50+,51-/m0/s1. The van der Waals surface area contributed by atoms with Crippen molar-refractivity contribution in [1.82, 2.24) is 0 Å². The van der Waals surface area contributed by atoms with Gasteiger partial charge in [-0.15, -0.1) is 0 Å². The van der Waals surface area contributed by atoms with E-state index in [1.807, 2.05) is 6.92 Å². The molecule has 414 valence electrons. The Bertz CT molecular complexity index is 1780. The van der Waals surface area contributed by atoms with Gasteiger partial charge in [0.15, 0.2) is 6.10 Å². The van der Waals surface area contributed by atoms with Crippen LogP contribution in [0.2, 0.25) is 0 Å². The number of hydrogen-bond donors (Lipinski definition) is 10. The minimum atomic E-state index is -5.78. The molecule has 0 saturated heterocycles. The van der Waals surface area contributed by atoms with Crippen LogP contribution in [-0.2, 0) is 41.8 Å². The van der Waals surface area contributed by atoms with Crippen molar-refractivity contribution >= 4 is 27.6 Å². The number of allylic oxidation sites excluding steroid dienone is 10. The molecule has 1 heterocycles. The number of carbonyl (C=O) groups is 2. The summed E-state index contributed by atoms with van der Waals surface area (Å²) in [5.41, 5.74) is 0. The van der Waals surface area contributed by atoms with E-state index in [2.05, 4.69) is 55.5 Å². The molecule has 0 aromatic carbocycles. The molecular weight excluding hydrogens is 978 g/mol. The molecule has 1 unspecified atom stereocenters. The highest BCUT2D eigenvalue weighted by Gasteiger charge is 2.51. The Kier molecular flexibility index (Phi) is 33.7. The number of carbonyl (C=O) groups excluding carboxylic acids is 2. The van der Waals surface area contributed by atoms with Gasteiger partial charge in [0.25, 0.3) is 0 Å². The summed E-state index contributed by atoms with van der Waals surface area (Å²) in [7, 11) is -11.5. The lowest BCUT2D eigenvalue weighted by atomic mass is 9.83. The molecule has 1 saturated carbocycles. The van der Waals surface area contributed by atoms with E-state index >= 15 is 0 Å². The van der Waals surface area contributed by atoms with Crippen LogP contribution in [0.1, 0.15) is 149 Å². The van der Waals surface area contributed by atoms with Gasteiger partial charge in [-0.05, 0) is 70.6 Å². The number of cyclic esters (lactones) is 1. The number of ether oxygens (including phenoxy) is 2. The normalized spacial score (nSPS) is 31.2. The number of phosphoric acid groups is 2. The molecule has 1 fully saturated rings. The molecule has 13 atom stereocenters. The summed E-state index contributed by atoms with van der Waals surface area (Å²) < 4.78 is 52.3. The Balaban J connectivity index is 2.25. The molecular formula is C51H86O19P2. The van der Waals surface area contributed by atoms with Gasteiger partial charge in [0.2, 0.25) is 0 Å². The summed E-state index contributed by atoms with van der Waals surface area (Å²) in [5.74, 6) is -4.55. The topological polar surface area (TPSA) is 317 Å². The second-order valence-electron chi connectivity index (χ2n) is 18.5. The molecule has 10 N–H and O–H groups in total. The number of fused-ring (bicyclic) bond motifs is 4. The van der Waals surface area contributed by atoms with Crippen LogP contribution in [0.3, 0.4) is 0 Å². The zero-order valence-corrected chi connectivity index (χ0v) is 43.9. The summed E-state index contributed by atoms with van der Waals surface area (Å²) >= 11 is 0. The number of aliphatic hydroxyl groups is 7. The third kappa shape index (κ3) is 28.3. The fraction of sp³-hybridized carbons (Fsp3) is 0.725. The Morgan fingerprint density at radius 1 is 0.806 bits per heavy atom. The third-order valence-electron chi connectivity index (χ3n) is 12.3. The van der Waals surface area contributed by atoms with Crippen LogP contribution in [0.25, 0.3) is 0 Å². The number of aliphatic hydroxyl groups excluding tert-OH is 7. The van der Waals surface area contributed by atoms with Gasteiger partial charge in [0.1, 0.15) is 31.0 Å². The number of hydrogen-bond acceptors (Lipinski definition) is 16. The minimum Gasteiger partial charge on any atom is -0.462 e. The van der Waals surface area contributed by atoms with Crippen molar-refractivity contribution < 1.29 is 92.2 Å². The molecule has 1 aliphatic carbocycles. The maximum Gasteiger partial charge on any atom is 0.472 e. The van der Waals surface area contributed by atoms with Gasteiger partial charge in [-0.2, -0.15) is 0 Å². The number of unbranched alkanes of at least 4 members (excludes halogenated alkanes) is 8. The summed E-state index contributed by atoms with van der Waals surface area (Å²) in [4.78, 5) is 56.9. The highest BCUT2D eigenvalue weighted by molar-refractivity contribution is 7.47. The molecule has 2 rings (SSSR count). The molecule has 1 aliphatic heterocycles. The van der Waals surface area contributed by atoms with Crippen LogP contribution in [0, 0.1) is 11.8 Å². The zero-order valence-electron chi connectivity index (χ0n) is 42.2. The summed E-state index contributed by atoms with van der Waals surface area (Å²) in [5, 5.41) is 79.9. The van der Waals surface area contributed by atoms with E-state index in [9.17, 15) is 69.1 Å². The first kappa shape index (κ1) is 65.4. The van der Waals surface area contributed by atoms with Gasteiger partial charge in [-0.1, -0.05) is 132 Å². The van der Waals surface area contributed by atoms with Crippen molar-refractivity contribution in [2.75, 3.05) is 13.2 Å². The lowest BCUT2D eigenvalue weighted by Crippen LogP contribution is -2.56. The first-order valence-corrected chi connectivity index (χ1v) is 28.8. The van der Waals surface area contributed by atoms with Crippen LogP contribution in [0.4, 0.5) is 0 Å². The average molecular weight is 1070 g/mol. The van der Waals surface area contributed by atoms with Gasteiger partial charge in [-0.25, -0.2) is 9.13 Å². The molecule has 0 aromatic rings. The minimum absolute atomic E-state index is 0.0489. The maximum atomic E-state index is 13.8. The quantitative estimate of drug-likeness (QED) is 0.0195. The second-order valence-corrected chi connectivity index (χ2v) is 21.1. The van der Waals surface area contributed by atoms with E-state index in [1.165, 1.54) is 12.2 Å². The van der Waals surface area contributed by atoms with Crippen LogP contribution in [0.15, 0.2) is 72.9 Å². The Labute approximate surface area is 426 Å². The van der Waals surface area contributed by atoms with E-state index < -0.39 is 120 Å². The lowest BCUT2D eigenvalue weighted by Gasteiger charge is -2.38. The van der Waals surface area contributed by atoms with Crippen LogP contribution in [0.5, 0.6) is 0 Å². The predicted octanol–water partition coefficient (Wildman–Crippen LogP) is 6.78. The van der Waals surface area contributed by atoms with Gasteiger partial charge in [0.05, 0.1) is 37.1 Å². The van der Waals surface area contributed by atoms with Crippen LogP contribution in [-0.4, -0.2) is 137 Å². The van der Waals surface area contributed by atoms with E-state index in [4.69, 9.17) is 23.0 Å². The molecule has 2 aliphatic rings. The van der Waals surface area contributed by atoms with E-state index in [1.54, 1.807) is 6.08 Å². The maximum absolute atomic E-state index is 13.8. The van der Waals surface area contributed by atoms with E-state index in [-0.39, 0.29) is 32.1 Å². The highest BCUT2D eigenvalue weighted by Crippen LogP contribution is 2.50. The zero-order chi connectivity index (χ0) is 53.4. The molecule has 0 amide bonds. The van der Waals surface area contributed by atoms with Crippen molar-refractivity contribution in [3.05, 3.63) is 72.9 Å². The van der Waals surface area contributed by atoms with Crippen molar-refractivity contribution in [1.29, 1.82) is 0 Å². The fourth-order valence-corrected chi connectivity index (χ4v) is 9.77. The smallest absolute Gasteiger partial charge is 0.462 e. The average Bonchev–Trinajstić information content (AvgIpc) is 3.32. The van der Waals surface area contributed by atoms with Gasteiger partial charge >= 0.3 is 27.6 Å². The Morgan fingerprint density at radius 3 is 2.10 bits per heavy atom. The number of phosphoric ester groups is 2. The van der Waals surface area contributed by atoms with E-state index in [0.29, 0.717) is 25.7 Å². The molecule has 21 heteroatoms. The summed E-state index contributed by atoms with van der Waals surface area (Å²) in [6, 6.07) is 0. The molecule has 2 bridgehead atoms. The molecule has 0 radical (unpaired) electrons. The van der Waals surface area contributed by atoms with Crippen LogP contribution < -0.4 is 0 Å². The lowest BCUT2D eigenvalue weighted by molar-refractivity contribution is -0.165.